The van der Waals surface area contributed by atoms with Gasteiger partial charge in [0.05, 0.1) is 72.0 Å². The molecular weight excluding hydrogens is 1070 g/mol. The molecule has 86 heavy (non-hydrogen) atoms. The molecule has 0 aliphatic rings. The van der Waals surface area contributed by atoms with Gasteiger partial charge in [-0.15, -0.1) is 0 Å². The van der Waals surface area contributed by atoms with Crippen LogP contribution >= 0.6 is 0 Å². The Balaban J connectivity index is 1.01. The monoisotopic (exact) mass is 1150 g/mol. The van der Waals surface area contributed by atoms with Crippen molar-refractivity contribution in [3.05, 3.63) is 242 Å². The largest absolute Gasteiger partial charge is 0.309 e. The van der Waals surface area contributed by atoms with Crippen molar-refractivity contribution in [3.8, 4) is 22.3 Å². The molecule has 15 rings (SSSR count). The molecule has 4 heterocycles. The Labute approximate surface area is 507 Å². The Morgan fingerprint density at radius 1 is 0.302 bits per heavy atom. The van der Waals surface area contributed by atoms with Gasteiger partial charge in [-0.1, -0.05) is 237 Å². The molecule has 11 aromatic carbocycles. The molecule has 0 spiro atoms. The predicted octanol–water partition coefficient (Wildman–Crippen LogP) is 21.9. The number of para-hydroxylation sites is 2. The van der Waals surface area contributed by atoms with E-state index in [1.807, 2.05) is 0 Å². The average Bonchev–Trinajstić information content (AvgIpc) is 1.71. The van der Waals surface area contributed by atoms with Crippen LogP contribution in [0.4, 0.5) is 34.1 Å². The SMILES string of the molecule is CC(C)(C)c1ccc(N(c2cccc([Si](C)(C)C)c2)c2ccc3c4cc5c(cc4n4c6ccccc6c2c34)c2ccc(N(c3cccc([Si](C)(C)C)c3)c3ccc(C(C)(C)C)cc3-c3ccccc3)c3c4ccccc4n5c23)c(-c2ccccc2)c1. The van der Waals surface area contributed by atoms with Crippen LogP contribution in [0, 0.1) is 0 Å². The van der Waals surface area contributed by atoms with E-state index in [-0.39, 0.29) is 10.8 Å². The quantitative estimate of drug-likeness (QED) is 0.127. The third-order valence-corrected chi connectivity index (χ3v) is 22.6. The van der Waals surface area contributed by atoms with Gasteiger partial charge in [0.25, 0.3) is 0 Å². The maximum Gasteiger partial charge on any atom is 0.0776 e. The zero-order chi connectivity index (χ0) is 59.3. The molecule has 4 nitrogen and oxygen atoms in total. The zero-order valence-corrected chi connectivity index (χ0v) is 53.7. The summed E-state index contributed by atoms with van der Waals surface area (Å²) in [6, 6.07) is 88.3. The standard InChI is InChI=1S/C80H74N4Si2/c1-79(2,3)53-37-41-69(63(45-53)51-25-15-13-16-26-51)81(55-29-23-31-57(47-55)85(7,8)9)71-43-39-59-65-49-74-66(50-73(65)83-67-35-21-19-33-61(67)75(71)77(59)83)60-40-44-72(76-62-34-20-22-36-68(62)84(74)78(60)76)82(56-30-24-32-58(48-56)86(10,11)12)70-42-38-54(80(4,5)6)46-64(70)52-27-17-14-18-28-52/h13-50H,1-12H3. The van der Waals surface area contributed by atoms with Crippen molar-refractivity contribution in [2.24, 2.45) is 0 Å². The van der Waals surface area contributed by atoms with Crippen LogP contribution in [0.25, 0.3) is 98.4 Å². The van der Waals surface area contributed by atoms with E-state index in [0.717, 1.165) is 0 Å². The molecule has 0 bridgehead atoms. The van der Waals surface area contributed by atoms with Crippen molar-refractivity contribution < 1.29 is 0 Å². The van der Waals surface area contributed by atoms with Gasteiger partial charge >= 0.3 is 0 Å². The fourth-order valence-electron chi connectivity index (χ4n) is 14.0. The summed E-state index contributed by atoms with van der Waals surface area (Å²) in [7, 11) is -3.46. The van der Waals surface area contributed by atoms with E-state index < -0.39 is 16.1 Å². The number of anilines is 6. The van der Waals surface area contributed by atoms with Gasteiger partial charge in [-0.2, -0.15) is 0 Å². The summed E-state index contributed by atoms with van der Waals surface area (Å²) in [6.45, 7) is 28.7. The second-order valence-electron chi connectivity index (χ2n) is 28.3. The summed E-state index contributed by atoms with van der Waals surface area (Å²) in [5, 5.41) is 12.9. The Kier molecular flexibility index (Phi) is 12.1. The van der Waals surface area contributed by atoms with Gasteiger partial charge in [-0.25, -0.2) is 0 Å². The Bertz CT molecular complexity index is 4830. The Morgan fingerprint density at radius 3 is 1.06 bits per heavy atom. The van der Waals surface area contributed by atoms with Gasteiger partial charge in [-0.3, -0.25) is 0 Å². The minimum atomic E-state index is -1.73. The second kappa shape index (κ2) is 19.3. The smallest absolute Gasteiger partial charge is 0.0776 e. The van der Waals surface area contributed by atoms with Crippen LogP contribution in [0.2, 0.25) is 39.3 Å². The fourth-order valence-corrected chi connectivity index (χ4v) is 16.3. The van der Waals surface area contributed by atoms with Crippen LogP contribution in [-0.2, 0) is 10.8 Å². The number of benzene rings is 11. The normalized spacial score (nSPS) is 12.9. The summed E-state index contributed by atoms with van der Waals surface area (Å²) in [4.78, 5) is 5.17. The van der Waals surface area contributed by atoms with Gasteiger partial charge in [-0.05, 0) is 118 Å². The molecule has 0 radical (unpaired) electrons. The lowest BCUT2D eigenvalue weighted by Gasteiger charge is -2.31. The summed E-state index contributed by atoms with van der Waals surface area (Å²) in [5.74, 6) is 0. The van der Waals surface area contributed by atoms with Crippen LogP contribution in [0.5, 0.6) is 0 Å². The van der Waals surface area contributed by atoms with Crippen LogP contribution in [-0.4, -0.2) is 24.9 Å². The number of aromatic nitrogens is 2. The third-order valence-electron chi connectivity index (χ3n) is 18.6. The molecule has 0 atom stereocenters. The van der Waals surface area contributed by atoms with E-state index in [4.69, 9.17) is 0 Å². The number of hydrogen-bond donors (Lipinski definition) is 0. The van der Waals surface area contributed by atoms with Crippen molar-refractivity contribution in [1.29, 1.82) is 0 Å². The number of nitrogens with zero attached hydrogens (tertiary/aromatic N) is 4. The fraction of sp³-hybridized carbons (Fsp3) is 0.175. The second-order valence-corrected chi connectivity index (χ2v) is 38.4. The van der Waals surface area contributed by atoms with E-state index in [0.29, 0.717) is 0 Å². The minimum Gasteiger partial charge on any atom is -0.309 e. The Morgan fingerprint density at radius 2 is 0.674 bits per heavy atom. The highest BCUT2D eigenvalue weighted by Gasteiger charge is 2.32. The maximum atomic E-state index is 2.59. The van der Waals surface area contributed by atoms with E-state index >= 15 is 0 Å². The van der Waals surface area contributed by atoms with Gasteiger partial charge in [0.15, 0.2) is 0 Å². The van der Waals surface area contributed by atoms with Crippen molar-refractivity contribution in [2.45, 2.75) is 91.7 Å². The Hall–Kier alpha value is -8.95. The molecule has 0 saturated heterocycles. The third kappa shape index (κ3) is 8.42. The molecular formula is C80H74N4Si2. The molecule has 0 aliphatic heterocycles. The van der Waals surface area contributed by atoms with E-state index in [1.54, 1.807) is 0 Å². The van der Waals surface area contributed by atoms with E-state index in [2.05, 4.69) is 330 Å². The number of rotatable bonds is 10. The number of hydrogen-bond acceptors (Lipinski definition) is 2. The van der Waals surface area contributed by atoms with Crippen molar-refractivity contribution in [2.75, 3.05) is 9.80 Å². The van der Waals surface area contributed by atoms with Crippen molar-refractivity contribution >= 4 is 137 Å². The molecule has 0 aliphatic carbocycles. The van der Waals surface area contributed by atoms with Crippen molar-refractivity contribution in [1.82, 2.24) is 8.80 Å². The molecule has 15 aromatic rings. The summed E-state index contributed by atoms with van der Waals surface area (Å²) in [6.07, 6.45) is 0. The first kappa shape index (κ1) is 53.8. The van der Waals surface area contributed by atoms with Gasteiger partial charge in [0.1, 0.15) is 0 Å². The highest BCUT2D eigenvalue weighted by atomic mass is 28.3. The first-order valence-corrected chi connectivity index (χ1v) is 37.8. The predicted molar refractivity (Wildman–Crippen MR) is 379 cm³/mol. The van der Waals surface area contributed by atoms with Gasteiger partial charge in [0, 0.05) is 65.6 Å². The average molecular weight is 1150 g/mol. The van der Waals surface area contributed by atoms with E-state index in [1.165, 1.54) is 154 Å². The van der Waals surface area contributed by atoms with Crippen LogP contribution in [0.1, 0.15) is 52.7 Å². The first-order valence-electron chi connectivity index (χ1n) is 30.8. The van der Waals surface area contributed by atoms with E-state index in [9.17, 15) is 0 Å². The van der Waals surface area contributed by atoms with Crippen molar-refractivity contribution in [3.63, 3.8) is 0 Å². The van der Waals surface area contributed by atoms with Crippen LogP contribution in [0.3, 0.4) is 0 Å². The molecule has 422 valence electrons. The highest BCUT2D eigenvalue weighted by molar-refractivity contribution is 6.89. The molecule has 4 aromatic heterocycles. The topological polar surface area (TPSA) is 15.3 Å². The molecule has 0 fully saturated rings. The summed E-state index contributed by atoms with van der Waals surface area (Å²) < 4.78 is 5.18. The molecule has 0 saturated carbocycles. The van der Waals surface area contributed by atoms with Crippen LogP contribution in [0.15, 0.2) is 231 Å². The summed E-state index contributed by atoms with van der Waals surface area (Å²) in [5.41, 5.74) is 21.8. The maximum absolute atomic E-state index is 2.59. The van der Waals surface area contributed by atoms with Gasteiger partial charge < -0.3 is 18.6 Å². The highest BCUT2D eigenvalue weighted by Crippen LogP contribution is 2.53. The molecule has 0 unspecified atom stereocenters. The summed E-state index contributed by atoms with van der Waals surface area (Å²) >= 11 is 0. The molecule has 6 heteroatoms. The number of fused-ring (bicyclic) bond motifs is 12. The lowest BCUT2D eigenvalue weighted by Crippen LogP contribution is -2.37. The van der Waals surface area contributed by atoms with Gasteiger partial charge in [0.2, 0.25) is 0 Å². The lowest BCUT2D eigenvalue weighted by molar-refractivity contribution is 0.590. The lowest BCUT2D eigenvalue weighted by atomic mass is 9.84. The zero-order valence-electron chi connectivity index (χ0n) is 51.7. The first-order chi connectivity index (χ1) is 41.2. The minimum absolute atomic E-state index is 0.0367. The molecule has 0 amide bonds. The van der Waals surface area contributed by atoms with Crippen LogP contribution < -0.4 is 20.2 Å². The molecule has 0 N–H and O–H groups in total.